The molecule has 2 aromatic heterocycles. The third kappa shape index (κ3) is 4.07. The summed E-state index contributed by atoms with van der Waals surface area (Å²) in [4.78, 5) is 46.2. The van der Waals surface area contributed by atoms with Crippen LogP contribution in [0.4, 0.5) is 0 Å². The third-order valence-corrected chi connectivity index (χ3v) is 4.98. The van der Waals surface area contributed by atoms with Crippen LogP contribution in [0, 0.1) is 0 Å². The summed E-state index contributed by atoms with van der Waals surface area (Å²) in [5.41, 5.74) is 2.76. The van der Waals surface area contributed by atoms with E-state index in [0.29, 0.717) is 11.0 Å². The molecule has 30 heavy (non-hydrogen) atoms. The molecule has 0 saturated heterocycles. The second-order valence-electron chi connectivity index (χ2n) is 7.03. The Morgan fingerprint density at radius 2 is 1.80 bits per heavy atom. The van der Waals surface area contributed by atoms with Crippen molar-refractivity contribution in [3.63, 3.8) is 0 Å². The van der Waals surface area contributed by atoms with Gasteiger partial charge in [-0.1, -0.05) is 30.3 Å². The van der Waals surface area contributed by atoms with E-state index < -0.39 is 17.9 Å². The van der Waals surface area contributed by atoms with Gasteiger partial charge in [0.1, 0.15) is 5.69 Å². The van der Waals surface area contributed by atoms with Crippen molar-refractivity contribution in [3.05, 3.63) is 76.3 Å². The Labute approximate surface area is 171 Å². The van der Waals surface area contributed by atoms with E-state index in [2.05, 4.69) is 20.3 Å². The highest BCUT2D eigenvalue weighted by molar-refractivity contribution is 5.86. The molecule has 0 spiro atoms. The molecule has 0 aliphatic carbocycles. The molecule has 0 fully saturated rings. The maximum absolute atomic E-state index is 12.3. The lowest BCUT2D eigenvalue weighted by molar-refractivity contribution is -0.308. The van der Waals surface area contributed by atoms with E-state index in [4.69, 9.17) is 0 Å². The van der Waals surface area contributed by atoms with Gasteiger partial charge in [-0.15, -0.1) is 0 Å². The predicted molar refractivity (Wildman–Crippen MR) is 110 cm³/mol. The minimum atomic E-state index is -1.37. The number of fused-ring (bicyclic) bond motifs is 2. The second kappa shape index (κ2) is 8.20. The van der Waals surface area contributed by atoms with Crippen LogP contribution in [-0.4, -0.2) is 32.9 Å². The summed E-state index contributed by atoms with van der Waals surface area (Å²) in [6.45, 7) is 0. The van der Waals surface area contributed by atoms with Gasteiger partial charge in [-0.3, -0.25) is 9.59 Å². The van der Waals surface area contributed by atoms with Gasteiger partial charge in [-0.25, -0.2) is 4.98 Å². The fourth-order valence-electron chi connectivity index (χ4n) is 3.45. The maximum Gasteiger partial charge on any atom is 0.270 e. The number of hydrogen-bond acceptors (Lipinski definition) is 5. The highest BCUT2D eigenvalue weighted by Gasteiger charge is 2.17. The highest BCUT2D eigenvalue weighted by Crippen LogP contribution is 2.19. The molecule has 0 aliphatic rings. The van der Waals surface area contributed by atoms with Gasteiger partial charge >= 0.3 is 0 Å². The summed E-state index contributed by atoms with van der Waals surface area (Å²) in [6, 6.07) is 13.4. The molecule has 0 aliphatic heterocycles. The number of rotatable bonds is 7. The lowest BCUT2D eigenvalue weighted by Crippen LogP contribution is -2.49. The number of aromatic nitrogens is 3. The highest BCUT2D eigenvalue weighted by atomic mass is 16.4. The molecule has 2 heterocycles. The van der Waals surface area contributed by atoms with Crippen LogP contribution >= 0.6 is 0 Å². The number of aromatic amines is 2. The Morgan fingerprint density at radius 1 is 1.07 bits per heavy atom. The van der Waals surface area contributed by atoms with Crippen molar-refractivity contribution >= 4 is 33.8 Å². The molecule has 4 rings (SSSR count). The van der Waals surface area contributed by atoms with E-state index in [0.717, 1.165) is 16.5 Å². The van der Waals surface area contributed by atoms with Gasteiger partial charge < -0.3 is 25.2 Å². The van der Waals surface area contributed by atoms with Gasteiger partial charge in [0.15, 0.2) is 0 Å². The van der Waals surface area contributed by atoms with Gasteiger partial charge in [-0.2, -0.15) is 0 Å². The number of aryl methyl sites for hydroxylation is 1. The zero-order valence-corrected chi connectivity index (χ0v) is 16.0. The number of hydrogen-bond donors (Lipinski definition) is 3. The zero-order chi connectivity index (χ0) is 21.1. The summed E-state index contributed by atoms with van der Waals surface area (Å²) in [5.74, 6) is -1.85. The van der Waals surface area contributed by atoms with E-state index in [1.165, 1.54) is 0 Å². The van der Waals surface area contributed by atoms with Crippen molar-refractivity contribution in [2.24, 2.45) is 0 Å². The summed E-state index contributed by atoms with van der Waals surface area (Å²) in [7, 11) is 0. The molecule has 2 aromatic carbocycles. The van der Waals surface area contributed by atoms with Crippen LogP contribution in [0.25, 0.3) is 21.9 Å². The largest absolute Gasteiger partial charge is 0.548 e. The minimum absolute atomic E-state index is 0.0634. The van der Waals surface area contributed by atoms with Gasteiger partial charge in [0, 0.05) is 36.4 Å². The molecule has 4 aromatic rings. The quantitative estimate of drug-likeness (QED) is 0.420. The van der Waals surface area contributed by atoms with E-state index in [9.17, 15) is 19.5 Å². The predicted octanol–water partition coefficient (Wildman–Crippen LogP) is 0.814. The van der Waals surface area contributed by atoms with Crippen LogP contribution in [0.2, 0.25) is 0 Å². The number of benzene rings is 2. The van der Waals surface area contributed by atoms with Crippen molar-refractivity contribution in [3.8, 4) is 0 Å². The standard InChI is InChI=1S/C22H20N4O4/c27-20(10-9-18-21(28)26-17-8-4-3-7-16(17)24-18)25-19(22(29)30)11-13-12-23-15-6-2-1-5-14(13)15/h1-8,12,19,23H,9-11H2,(H,25,27)(H,26,28)(H,29,30)/p-1/t19-/m1/s1. The molecule has 1 atom stereocenters. The van der Waals surface area contributed by atoms with Crippen LogP contribution in [-0.2, 0) is 22.4 Å². The molecular formula is C22H19N4O4-. The topological polar surface area (TPSA) is 131 Å². The molecule has 3 N–H and O–H groups in total. The molecule has 8 heteroatoms. The number of carbonyl (C=O) groups excluding carboxylic acids is 2. The normalized spacial score (nSPS) is 12.1. The summed E-state index contributed by atoms with van der Waals surface area (Å²) < 4.78 is 0. The average molecular weight is 403 g/mol. The number of carbonyl (C=O) groups is 2. The number of H-pyrrole nitrogens is 2. The van der Waals surface area contributed by atoms with E-state index in [1.807, 2.05) is 24.3 Å². The van der Waals surface area contributed by atoms with Gasteiger partial charge in [0.25, 0.3) is 5.56 Å². The molecule has 0 radical (unpaired) electrons. The minimum Gasteiger partial charge on any atom is -0.548 e. The Morgan fingerprint density at radius 3 is 2.60 bits per heavy atom. The number of aliphatic carboxylic acids is 1. The van der Waals surface area contributed by atoms with E-state index >= 15 is 0 Å². The number of para-hydroxylation sites is 3. The molecule has 8 nitrogen and oxygen atoms in total. The number of carboxylic acid groups (broad SMARTS) is 1. The van der Waals surface area contributed by atoms with Crippen molar-refractivity contribution in [2.45, 2.75) is 25.3 Å². The van der Waals surface area contributed by atoms with E-state index in [-0.39, 0.29) is 30.5 Å². The maximum atomic E-state index is 12.3. The van der Waals surface area contributed by atoms with Crippen LogP contribution in [0.5, 0.6) is 0 Å². The van der Waals surface area contributed by atoms with E-state index in [1.54, 1.807) is 30.5 Å². The fraction of sp³-hybridized carbons (Fsp3) is 0.182. The van der Waals surface area contributed by atoms with Crippen molar-refractivity contribution in [1.29, 1.82) is 0 Å². The summed E-state index contributed by atoms with van der Waals surface area (Å²) >= 11 is 0. The third-order valence-electron chi connectivity index (χ3n) is 4.98. The second-order valence-corrected chi connectivity index (χ2v) is 7.03. The van der Waals surface area contributed by atoms with Crippen molar-refractivity contribution < 1.29 is 14.7 Å². The lowest BCUT2D eigenvalue weighted by atomic mass is 10.0. The lowest BCUT2D eigenvalue weighted by Gasteiger charge is -2.19. The van der Waals surface area contributed by atoms with Crippen LogP contribution in [0.3, 0.4) is 0 Å². The van der Waals surface area contributed by atoms with Crippen molar-refractivity contribution in [1.82, 2.24) is 20.3 Å². The number of amides is 1. The summed E-state index contributed by atoms with van der Waals surface area (Å²) in [5, 5.41) is 15.0. The Hall–Kier alpha value is -3.94. The summed E-state index contributed by atoms with van der Waals surface area (Å²) in [6.07, 6.45) is 1.85. The molecule has 1 amide bonds. The Balaban J connectivity index is 1.43. The van der Waals surface area contributed by atoms with Gasteiger partial charge in [-0.05, 0) is 23.8 Å². The van der Waals surface area contributed by atoms with Gasteiger partial charge in [0.05, 0.1) is 23.0 Å². The number of nitrogens with one attached hydrogen (secondary N) is 3. The molecule has 0 saturated carbocycles. The SMILES string of the molecule is O=C(CCc1nc2ccccc2[nH]c1=O)N[C@H](Cc1c[nH]c2ccccc12)C(=O)[O-]. The molecule has 0 unspecified atom stereocenters. The fourth-order valence-corrected chi connectivity index (χ4v) is 3.45. The first-order valence-corrected chi connectivity index (χ1v) is 9.54. The van der Waals surface area contributed by atoms with Crippen molar-refractivity contribution in [2.75, 3.05) is 0 Å². The smallest absolute Gasteiger partial charge is 0.270 e. The van der Waals surface area contributed by atoms with Crippen LogP contribution in [0.1, 0.15) is 17.7 Å². The molecule has 152 valence electrons. The van der Waals surface area contributed by atoms with Gasteiger partial charge in [0.2, 0.25) is 5.91 Å². The average Bonchev–Trinajstić information content (AvgIpc) is 3.14. The molecular weight excluding hydrogens is 384 g/mol. The first kappa shape index (κ1) is 19.4. The first-order valence-electron chi connectivity index (χ1n) is 9.54. The zero-order valence-electron chi connectivity index (χ0n) is 16.0. The Kier molecular flexibility index (Phi) is 5.30. The monoisotopic (exact) mass is 403 g/mol. The van der Waals surface area contributed by atoms with Crippen LogP contribution < -0.4 is 16.0 Å². The Bertz CT molecular complexity index is 1290. The molecule has 0 bridgehead atoms. The number of carboxylic acids is 1. The first-order chi connectivity index (χ1) is 14.5. The number of nitrogens with zero attached hydrogens (tertiary/aromatic N) is 1. The van der Waals surface area contributed by atoms with Crippen LogP contribution in [0.15, 0.2) is 59.5 Å².